The Morgan fingerprint density at radius 2 is 2.17 bits per heavy atom. The van der Waals surface area contributed by atoms with E-state index < -0.39 is 0 Å². The number of methoxy groups -OCH3 is 1. The van der Waals surface area contributed by atoms with Crippen LogP contribution in [0, 0.1) is 0 Å². The maximum absolute atomic E-state index is 5.76. The van der Waals surface area contributed by atoms with Crippen molar-refractivity contribution in [1.29, 1.82) is 0 Å². The lowest BCUT2D eigenvalue weighted by Gasteiger charge is -2.14. The van der Waals surface area contributed by atoms with Gasteiger partial charge in [-0.3, -0.25) is 5.84 Å². The third kappa shape index (κ3) is 2.69. The molecule has 5 heteroatoms. The van der Waals surface area contributed by atoms with E-state index in [1.54, 1.807) is 12.1 Å². The van der Waals surface area contributed by atoms with Gasteiger partial charge in [0.05, 0.1) is 19.3 Å². The molecule has 0 aromatic carbocycles. The van der Waals surface area contributed by atoms with Gasteiger partial charge in [0.1, 0.15) is 0 Å². The summed E-state index contributed by atoms with van der Waals surface area (Å²) in [6.07, 6.45) is 0.0603. The highest BCUT2D eigenvalue weighted by Gasteiger charge is 2.28. The predicted molar refractivity (Wildman–Crippen MR) is 45.4 cm³/mol. The van der Waals surface area contributed by atoms with E-state index in [4.69, 9.17) is 21.1 Å². The van der Waals surface area contributed by atoms with Gasteiger partial charge < -0.3 is 15.2 Å². The summed E-state index contributed by atoms with van der Waals surface area (Å²) in [4.78, 5) is 0. The predicted octanol–water partition coefficient (Wildman–Crippen LogP) is -1.47. The van der Waals surface area contributed by atoms with Crippen molar-refractivity contribution in [3.63, 3.8) is 0 Å². The first-order valence-electron chi connectivity index (χ1n) is 4.10. The Morgan fingerprint density at radius 1 is 1.42 bits per heavy atom. The Bertz CT molecular complexity index is 134. The van der Waals surface area contributed by atoms with Gasteiger partial charge in [-0.05, 0) is 0 Å². The standard InChI is InChI=1S/C7H17N3O2/c1-11-2-3-12-7-5-10(9)4-6(7)8/h6-7H,2-5,8-9H2,1H3. The highest BCUT2D eigenvalue weighted by atomic mass is 16.5. The van der Waals surface area contributed by atoms with Crippen molar-refractivity contribution >= 4 is 0 Å². The normalized spacial score (nSPS) is 31.2. The van der Waals surface area contributed by atoms with E-state index in [2.05, 4.69) is 0 Å². The van der Waals surface area contributed by atoms with Crippen LogP contribution in [0.25, 0.3) is 0 Å². The third-order valence-corrected chi connectivity index (χ3v) is 1.96. The molecule has 1 rings (SSSR count). The SMILES string of the molecule is COCCOC1CN(N)CC1N. The molecule has 0 amide bonds. The van der Waals surface area contributed by atoms with Crippen LogP contribution in [0.5, 0.6) is 0 Å². The number of hydrogen-bond donors (Lipinski definition) is 2. The smallest absolute Gasteiger partial charge is 0.0880 e. The average molecular weight is 175 g/mol. The zero-order valence-electron chi connectivity index (χ0n) is 7.40. The van der Waals surface area contributed by atoms with E-state index >= 15 is 0 Å². The average Bonchev–Trinajstić information content (AvgIpc) is 2.31. The fourth-order valence-corrected chi connectivity index (χ4v) is 1.29. The van der Waals surface area contributed by atoms with E-state index in [0.29, 0.717) is 26.3 Å². The minimum Gasteiger partial charge on any atom is -0.382 e. The molecule has 4 N–H and O–H groups in total. The van der Waals surface area contributed by atoms with Gasteiger partial charge >= 0.3 is 0 Å². The first-order chi connectivity index (χ1) is 5.74. The molecule has 0 radical (unpaired) electrons. The molecule has 0 bridgehead atoms. The summed E-state index contributed by atoms with van der Waals surface area (Å²) in [7, 11) is 1.65. The monoisotopic (exact) mass is 175 g/mol. The lowest BCUT2D eigenvalue weighted by molar-refractivity contribution is 0.0163. The largest absolute Gasteiger partial charge is 0.382 e. The summed E-state index contributed by atoms with van der Waals surface area (Å²) < 4.78 is 10.3. The van der Waals surface area contributed by atoms with Crippen molar-refractivity contribution in [2.75, 3.05) is 33.4 Å². The van der Waals surface area contributed by atoms with Gasteiger partial charge in [0, 0.05) is 26.2 Å². The first-order valence-corrected chi connectivity index (χ1v) is 4.10. The number of nitrogens with two attached hydrogens (primary N) is 2. The van der Waals surface area contributed by atoms with E-state index in [-0.39, 0.29) is 12.1 Å². The topological polar surface area (TPSA) is 73.7 Å². The summed E-state index contributed by atoms with van der Waals surface area (Å²) in [6.45, 7) is 2.61. The van der Waals surface area contributed by atoms with Gasteiger partial charge in [0.15, 0.2) is 0 Å². The molecule has 5 nitrogen and oxygen atoms in total. The lowest BCUT2D eigenvalue weighted by atomic mass is 10.2. The summed E-state index contributed by atoms with van der Waals surface area (Å²) in [5.74, 6) is 5.56. The van der Waals surface area contributed by atoms with Crippen LogP contribution < -0.4 is 11.6 Å². The molecule has 0 aliphatic carbocycles. The maximum Gasteiger partial charge on any atom is 0.0880 e. The van der Waals surface area contributed by atoms with Crippen molar-refractivity contribution in [3.05, 3.63) is 0 Å². The molecule has 2 unspecified atom stereocenters. The summed E-state index contributed by atoms with van der Waals surface area (Å²) in [5, 5.41) is 1.68. The van der Waals surface area contributed by atoms with Gasteiger partial charge in [-0.15, -0.1) is 0 Å². The van der Waals surface area contributed by atoms with Crippen LogP contribution in [-0.2, 0) is 9.47 Å². The van der Waals surface area contributed by atoms with Crippen LogP contribution in [0.4, 0.5) is 0 Å². The summed E-state index contributed by atoms with van der Waals surface area (Å²) >= 11 is 0. The molecule has 0 aromatic heterocycles. The molecular formula is C7H17N3O2. The summed E-state index contributed by atoms with van der Waals surface area (Å²) in [5.41, 5.74) is 5.76. The molecule has 1 aliphatic rings. The maximum atomic E-state index is 5.76. The number of nitrogens with zero attached hydrogens (tertiary/aromatic N) is 1. The number of rotatable bonds is 4. The number of hydrazine groups is 1. The Morgan fingerprint density at radius 3 is 2.67 bits per heavy atom. The van der Waals surface area contributed by atoms with Gasteiger partial charge in [-0.1, -0.05) is 0 Å². The molecule has 1 saturated heterocycles. The fraction of sp³-hybridized carbons (Fsp3) is 1.00. The molecule has 1 heterocycles. The van der Waals surface area contributed by atoms with Crippen LogP contribution in [0.15, 0.2) is 0 Å². The van der Waals surface area contributed by atoms with E-state index in [0.717, 1.165) is 0 Å². The van der Waals surface area contributed by atoms with Crippen molar-refractivity contribution in [3.8, 4) is 0 Å². The zero-order valence-corrected chi connectivity index (χ0v) is 7.40. The Kier molecular flexibility index (Phi) is 3.90. The third-order valence-electron chi connectivity index (χ3n) is 1.96. The Labute approximate surface area is 72.6 Å². The second kappa shape index (κ2) is 4.74. The van der Waals surface area contributed by atoms with Crippen molar-refractivity contribution < 1.29 is 9.47 Å². The van der Waals surface area contributed by atoms with Crippen LogP contribution in [0.3, 0.4) is 0 Å². The van der Waals surface area contributed by atoms with Crippen molar-refractivity contribution in [2.45, 2.75) is 12.1 Å². The number of hydrogen-bond acceptors (Lipinski definition) is 5. The van der Waals surface area contributed by atoms with Crippen molar-refractivity contribution in [1.82, 2.24) is 5.01 Å². The minimum absolute atomic E-state index is 0.0341. The first kappa shape index (κ1) is 9.88. The molecule has 0 spiro atoms. The van der Waals surface area contributed by atoms with Gasteiger partial charge in [0.2, 0.25) is 0 Å². The molecule has 0 aromatic rings. The second-order valence-corrected chi connectivity index (χ2v) is 3.02. The zero-order chi connectivity index (χ0) is 8.97. The lowest BCUT2D eigenvalue weighted by Crippen LogP contribution is -2.35. The second-order valence-electron chi connectivity index (χ2n) is 3.02. The Hall–Kier alpha value is -0.200. The molecule has 2 atom stereocenters. The molecular weight excluding hydrogens is 158 g/mol. The van der Waals surface area contributed by atoms with Crippen LogP contribution in [-0.4, -0.2) is 50.6 Å². The van der Waals surface area contributed by atoms with Crippen LogP contribution >= 0.6 is 0 Å². The fourth-order valence-electron chi connectivity index (χ4n) is 1.29. The van der Waals surface area contributed by atoms with E-state index in [1.165, 1.54) is 0 Å². The minimum atomic E-state index is 0.0341. The molecule has 72 valence electrons. The van der Waals surface area contributed by atoms with E-state index in [9.17, 15) is 0 Å². The van der Waals surface area contributed by atoms with Gasteiger partial charge in [-0.2, -0.15) is 0 Å². The summed E-state index contributed by atoms with van der Waals surface area (Å²) in [6, 6.07) is 0.0341. The number of ether oxygens (including phenoxy) is 2. The van der Waals surface area contributed by atoms with Crippen LogP contribution in [0.2, 0.25) is 0 Å². The van der Waals surface area contributed by atoms with Crippen LogP contribution in [0.1, 0.15) is 0 Å². The highest BCUT2D eigenvalue weighted by Crippen LogP contribution is 2.07. The molecule has 12 heavy (non-hydrogen) atoms. The molecule has 1 fully saturated rings. The quantitative estimate of drug-likeness (QED) is 0.403. The van der Waals surface area contributed by atoms with E-state index in [1.807, 2.05) is 0 Å². The molecule has 0 saturated carbocycles. The van der Waals surface area contributed by atoms with Crippen molar-refractivity contribution in [2.24, 2.45) is 11.6 Å². The van der Waals surface area contributed by atoms with Gasteiger partial charge in [-0.25, -0.2) is 5.01 Å². The van der Waals surface area contributed by atoms with Gasteiger partial charge in [0.25, 0.3) is 0 Å². The highest BCUT2D eigenvalue weighted by molar-refractivity contribution is 4.85. The Balaban J connectivity index is 2.15. The molecule has 1 aliphatic heterocycles.